The van der Waals surface area contributed by atoms with Crippen LogP contribution in [0, 0.1) is 0 Å². The fraction of sp³-hybridized carbons (Fsp3) is 0.238. The van der Waals surface area contributed by atoms with Crippen LogP contribution in [0.5, 0.6) is 0 Å². The predicted octanol–water partition coefficient (Wildman–Crippen LogP) is 4.77. The summed E-state index contributed by atoms with van der Waals surface area (Å²) in [5.74, 6) is 1.03. The van der Waals surface area contributed by atoms with E-state index < -0.39 is 8.56 Å². The van der Waals surface area contributed by atoms with Crippen LogP contribution in [0.2, 0.25) is 12.1 Å². The van der Waals surface area contributed by atoms with Crippen LogP contribution in [0.3, 0.4) is 0 Å². The Morgan fingerprint density at radius 1 is 0.750 bits per heavy atom. The zero-order valence-corrected chi connectivity index (χ0v) is 17.2. The highest BCUT2D eigenvalue weighted by Gasteiger charge is 2.49. The Balaban J connectivity index is 1.56. The maximum atomic E-state index is 6.07. The average Bonchev–Trinajstić information content (AvgIpc) is 2.68. The second-order valence-corrected chi connectivity index (χ2v) is 9.75. The summed E-state index contributed by atoms with van der Waals surface area (Å²) in [5, 5.41) is 16.5. The van der Waals surface area contributed by atoms with E-state index in [-0.39, 0.29) is 0 Å². The van der Waals surface area contributed by atoms with E-state index in [1.807, 2.05) is 60.7 Å². The number of benzene rings is 2. The Kier molecular flexibility index (Phi) is 6.86. The highest BCUT2D eigenvalue weighted by molar-refractivity contribution is 6.73. The molecule has 1 aliphatic rings. The van der Waals surface area contributed by atoms with Crippen LogP contribution >= 0.6 is 0 Å². The van der Waals surface area contributed by atoms with E-state index in [1.54, 1.807) is 26.3 Å². The third-order valence-electron chi connectivity index (χ3n) is 4.19. The van der Waals surface area contributed by atoms with Gasteiger partial charge in [0.25, 0.3) is 0 Å². The molecule has 0 saturated carbocycles. The molecule has 1 fully saturated rings. The molecule has 0 bridgehead atoms. The van der Waals surface area contributed by atoms with Gasteiger partial charge in [-0.1, -0.05) is 60.7 Å². The minimum atomic E-state index is -2.34. The quantitative estimate of drug-likeness (QED) is 0.307. The predicted molar refractivity (Wildman–Crippen MR) is 116 cm³/mol. The molecule has 144 valence electrons. The molecule has 0 amide bonds. The fourth-order valence-electron chi connectivity index (χ4n) is 2.70. The zero-order chi connectivity index (χ0) is 19.7. The molecule has 0 unspecified atom stereocenters. The Morgan fingerprint density at radius 3 is 1.54 bits per heavy atom. The molecule has 28 heavy (non-hydrogen) atoms. The zero-order valence-electron chi connectivity index (χ0n) is 16.2. The maximum absolute atomic E-state index is 6.07. The molecule has 1 heterocycles. The first-order valence-electron chi connectivity index (χ1n) is 9.29. The highest BCUT2D eigenvalue weighted by Crippen LogP contribution is 2.34. The lowest BCUT2D eigenvalue weighted by atomic mass is 10.2. The van der Waals surface area contributed by atoms with Crippen molar-refractivity contribution in [2.45, 2.75) is 32.4 Å². The summed E-state index contributed by atoms with van der Waals surface area (Å²) in [6, 6.07) is 21.5. The van der Waals surface area contributed by atoms with Crippen LogP contribution < -0.4 is 0 Å². The van der Waals surface area contributed by atoms with E-state index in [9.17, 15) is 0 Å². The first-order chi connectivity index (χ1) is 13.7. The van der Waals surface area contributed by atoms with Gasteiger partial charge in [-0.25, -0.2) is 0 Å². The molecule has 1 saturated heterocycles. The molecule has 0 aliphatic carbocycles. The van der Waals surface area contributed by atoms with Crippen LogP contribution in [0.4, 0.5) is 0 Å². The van der Waals surface area contributed by atoms with Crippen molar-refractivity contribution in [2.24, 2.45) is 20.4 Å². The van der Waals surface area contributed by atoms with Crippen LogP contribution in [-0.2, 0) is 8.85 Å². The lowest BCUT2D eigenvalue weighted by molar-refractivity contribution is 0.334. The third kappa shape index (κ3) is 5.99. The Bertz CT molecular complexity index is 806. The van der Waals surface area contributed by atoms with Crippen molar-refractivity contribution in [2.75, 3.05) is 0 Å². The standard InChI is InChI=1S/C21H24N4O2Si/c1-18(24-22-16-20-10-5-3-6-11-20)26-28(14-9-15-28)27-19(2)25-23-17-21-12-7-4-8-13-21/h3-8,10-13,16-17H,9,14-15H2,1-2H3/b22-16+,23-17+,24-18+,25-19+. The minimum absolute atomic E-state index is 0.513. The van der Waals surface area contributed by atoms with Crippen molar-refractivity contribution >= 4 is 32.8 Å². The van der Waals surface area contributed by atoms with Crippen molar-refractivity contribution in [3.63, 3.8) is 0 Å². The van der Waals surface area contributed by atoms with Crippen molar-refractivity contribution in [1.29, 1.82) is 0 Å². The summed E-state index contributed by atoms with van der Waals surface area (Å²) in [6.07, 6.45) is 4.49. The van der Waals surface area contributed by atoms with E-state index in [0.717, 1.165) is 29.6 Å². The first kappa shape index (κ1) is 19.7. The van der Waals surface area contributed by atoms with Crippen molar-refractivity contribution in [3.8, 4) is 0 Å². The van der Waals surface area contributed by atoms with Crippen LogP contribution in [0.25, 0.3) is 0 Å². The largest absolute Gasteiger partial charge is 0.500 e. The van der Waals surface area contributed by atoms with Gasteiger partial charge in [0.05, 0.1) is 12.4 Å². The van der Waals surface area contributed by atoms with Gasteiger partial charge in [0.1, 0.15) is 0 Å². The summed E-state index contributed by atoms with van der Waals surface area (Å²) < 4.78 is 12.1. The van der Waals surface area contributed by atoms with Crippen LogP contribution in [0.15, 0.2) is 81.1 Å². The van der Waals surface area contributed by atoms with Gasteiger partial charge in [0, 0.05) is 25.9 Å². The topological polar surface area (TPSA) is 67.9 Å². The van der Waals surface area contributed by atoms with Gasteiger partial charge in [0.15, 0.2) is 11.8 Å². The second-order valence-electron chi connectivity index (χ2n) is 6.52. The smallest absolute Gasteiger partial charge is 0.462 e. The van der Waals surface area contributed by atoms with Crippen molar-refractivity contribution in [1.82, 2.24) is 0 Å². The summed E-state index contributed by atoms with van der Waals surface area (Å²) in [6.45, 7) is 3.61. The molecular weight excluding hydrogens is 368 g/mol. The number of nitrogens with zero attached hydrogens (tertiary/aromatic N) is 4. The molecule has 0 spiro atoms. The minimum Gasteiger partial charge on any atom is -0.500 e. The van der Waals surface area contributed by atoms with Crippen molar-refractivity contribution in [3.05, 3.63) is 71.8 Å². The summed E-state index contributed by atoms with van der Waals surface area (Å²) in [7, 11) is -2.34. The van der Waals surface area contributed by atoms with Gasteiger partial charge in [-0.3, -0.25) is 0 Å². The molecule has 2 aromatic carbocycles. The Hall–Kier alpha value is -3.06. The van der Waals surface area contributed by atoms with Crippen molar-refractivity contribution < 1.29 is 8.85 Å². The number of hydrogen-bond acceptors (Lipinski definition) is 6. The molecule has 0 radical (unpaired) electrons. The van der Waals surface area contributed by atoms with Crippen LogP contribution in [0.1, 0.15) is 31.4 Å². The summed E-state index contributed by atoms with van der Waals surface area (Å²) in [4.78, 5) is 0. The molecular formula is C21H24N4O2Si. The van der Waals surface area contributed by atoms with E-state index in [4.69, 9.17) is 8.85 Å². The van der Waals surface area contributed by atoms with E-state index >= 15 is 0 Å². The molecule has 6 nitrogen and oxygen atoms in total. The average molecular weight is 393 g/mol. The van der Waals surface area contributed by atoms with Gasteiger partial charge in [-0.05, 0) is 17.5 Å². The molecule has 7 heteroatoms. The third-order valence-corrected chi connectivity index (χ3v) is 7.76. The molecule has 1 aliphatic heterocycles. The molecule has 2 aromatic rings. The van der Waals surface area contributed by atoms with Gasteiger partial charge in [-0.2, -0.15) is 10.2 Å². The lowest BCUT2D eigenvalue weighted by Crippen LogP contribution is -2.50. The molecule has 0 N–H and O–H groups in total. The van der Waals surface area contributed by atoms with Gasteiger partial charge in [0.2, 0.25) is 0 Å². The SMILES string of the molecule is C/C(=N\N=C\c1ccccc1)O[Si]1(O/C(C)=N/N=C/c2ccccc2)CCC1. The van der Waals surface area contributed by atoms with E-state index in [0.29, 0.717) is 11.8 Å². The highest BCUT2D eigenvalue weighted by atomic mass is 28.4. The van der Waals surface area contributed by atoms with E-state index in [1.165, 1.54) is 0 Å². The molecule has 3 rings (SSSR count). The lowest BCUT2D eigenvalue weighted by Gasteiger charge is -2.36. The molecule has 0 aromatic heterocycles. The van der Waals surface area contributed by atoms with Gasteiger partial charge in [-0.15, -0.1) is 10.2 Å². The van der Waals surface area contributed by atoms with E-state index in [2.05, 4.69) is 20.4 Å². The monoisotopic (exact) mass is 392 g/mol. The number of hydrogen-bond donors (Lipinski definition) is 0. The first-order valence-corrected chi connectivity index (χ1v) is 11.5. The maximum Gasteiger partial charge on any atom is 0.462 e. The summed E-state index contributed by atoms with van der Waals surface area (Å²) >= 11 is 0. The second kappa shape index (κ2) is 9.75. The fourth-order valence-corrected chi connectivity index (χ4v) is 5.24. The van der Waals surface area contributed by atoms with Gasteiger partial charge >= 0.3 is 8.56 Å². The van der Waals surface area contributed by atoms with Gasteiger partial charge < -0.3 is 8.85 Å². The summed E-state index contributed by atoms with van der Waals surface area (Å²) in [5.41, 5.74) is 1.98. The Labute approximate surface area is 166 Å². The van der Waals surface area contributed by atoms with Crippen LogP contribution in [-0.4, -0.2) is 32.8 Å². The Morgan fingerprint density at radius 2 is 1.18 bits per heavy atom. The normalized spacial score (nSPS) is 16.9. The molecule has 0 atom stereocenters. The number of rotatable bonds is 6.